The van der Waals surface area contributed by atoms with Crippen LogP contribution in [0.5, 0.6) is 0 Å². The lowest BCUT2D eigenvalue weighted by Gasteiger charge is -2.41. The molecule has 2 heterocycles. The van der Waals surface area contributed by atoms with Crippen molar-refractivity contribution in [1.82, 2.24) is 19.6 Å². The summed E-state index contributed by atoms with van der Waals surface area (Å²) in [6.07, 6.45) is 7.14. The number of piperazine rings is 1. The van der Waals surface area contributed by atoms with E-state index < -0.39 is 0 Å². The lowest BCUT2D eigenvalue weighted by Crippen LogP contribution is -2.49. The van der Waals surface area contributed by atoms with Crippen molar-refractivity contribution < 1.29 is 1.37 Å². The van der Waals surface area contributed by atoms with Gasteiger partial charge in [0.25, 0.3) is 0 Å². The van der Waals surface area contributed by atoms with Gasteiger partial charge >= 0.3 is 0 Å². The largest absolute Gasteiger partial charge is 0.304 e. The molecule has 0 atom stereocenters. The minimum absolute atomic E-state index is 0.448. The second-order valence-electron chi connectivity index (χ2n) is 7.16. The van der Waals surface area contributed by atoms with Crippen molar-refractivity contribution >= 4 is 0 Å². The van der Waals surface area contributed by atoms with Crippen molar-refractivity contribution in [2.45, 2.75) is 37.8 Å². The van der Waals surface area contributed by atoms with E-state index in [1.165, 1.54) is 31.2 Å². The number of nitrogens with zero attached hydrogens (tertiary/aromatic N) is 4. The van der Waals surface area contributed by atoms with E-state index in [9.17, 15) is 0 Å². The van der Waals surface area contributed by atoms with E-state index in [2.05, 4.69) is 51.0 Å². The first-order valence-electron chi connectivity index (χ1n) is 9.90. The van der Waals surface area contributed by atoms with Crippen LogP contribution in [0.2, 0.25) is 0 Å². The van der Waals surface area contributed by atoms with Crippen LogP contribution in [0.4, 0.5) is 0 Å². The number of aromatic nitrogens is 2. The molecule has 1 aromatic carbocycles. The van der Waals surface area contributed by atoms with Crippen LogP contribution in [0.3, 0.4) is 0 Å². The highest BCUT2D eigenvalue weighted by atomic mass is 15.3. The lowest BCUT2D eigenvalue weighted by molar-refractivity contribution is 0.0811. The summed E-state index contributed by atoms with van der Waals surface area (Å²) in [5.74, 6) is 0. The van der Waals surface area contributed by atoms with Crippen molar-refractivity contribution in [3.63, 3.8) is 0 Å². The third-order valence-electron chi connectivity index (χ3n) is 5.64. The second-order valence-corrected chi connectivity index (χ2v) is 7.16. The standard InChI is InChI=1S/C20H28N4/c1-22-13-15-23(16-14-22)18-7-9-19(10-8-18)24-12-11-20(21-24)17-5-3-2-4-6-17/h2-6,11-12,18-19H,7-10,13-16H2,1H3/i1D. The molecule has 4 rings (SSSR count). The molecule has 2 fully saturated rings. The molecule has 1 aromatic heterocycles. The molecule has 0 unspecified atom stereocenters. The van der Waals surface area contributed by atoms with Crippen LogP contribution >= 0.6 is 0 Å². The molecule has 128 valence electrons. The Labute approximate surface area is 146 Å². The topological polar surface area (TPSA) is 24.3 Å². The van der Waals surface area contributed by atoms with Crippen LogP contribution < -0.4 is 0 Å². The lowest BCUT2D eigenvalue weighted by atomic mass is 9.90. The summed E-state index contributed by atoms with van der Waals surface area (Å²) in [7, 11) is 0.448. The van der Waals surface area contributed by atoms with Crippen LogP contribution in [-0.2, 0) is 0 Å². The maximum atomic E-state index is 7.49. The van der Waals surface area contributed by atoms with Gasteiger partial charge in [-0.05, 0) is 38.8 Å². The second kappa shape index (κ2) is 7.08. The molecule has 0 bridgehead atoms. The summed E-state index contributed by atoms with van der Waals surface area (Å²) in [5.41, 5.74) is 2.27. The van der Waals surface area contributed by atoms with Gasteiger partial charge in [0.2, 0.25) is 0 Å². The molecule has 1 saturated carbocycles. The summed E-state index contributed by atoms with van der Waals surface area (Å²) in [6, 6.07) is 13.9. The summed E-state index contributed by atoms with van der Waals surface area (Å²) in [4.78, 5) is 4.89. The summed E-state index contributed by atoms with van der Waals surface area (Å²) < 4.78 is 9.68. The van der Waals surface area contributed by atoms with Gasteiger partial charge in [-0.3, -0.25) is 9.58 Å². The highest BCUT2D eigenvalue weighted by Crippen LogP contribution is 2.31. The molecule has 2 aromatic rings. The number of likely N-dealkylation sites (N-methyl/N-ethyl adjacent to an activating group) is 1. The molecular weight excluding hydrogens is 296 g/mol. The van der Waals surface area contributed by atoms with E-state index in [1.54, 1.807) is 0 Å². The molecule has 0 N–H and O–H groups in total. The smallest absolute Gasteiger partial charge is 0.0923 e. The molecule has 0 spiro atoms. The Morgan fingerprint density at radius 3 is 2.33 bits per heavy atom. The average Bonchev–Trinajstić information content (AvgIpc) is 3.19. The monoisotopic (exact) mass is 325 g/mol. The average molecular weight is 325 g/mol. The number of benzene rings is 1. The number of hydrogen-bond donors (Lipinski definition) is 0. The van der Waals surface area contributed by atoms with Crippen molar-refractivity contribution in [3.05, 3.63) is 42.6 Å². The molecule has 1 saturated heterocycles. The van der Waals surface area contributed by atoms with E-state index in [0.29, 0.717) is 13.1 Å². The first-order chi connectivity index (χ1) is 12.3. The van der Waals surface area contributed by atoms with Gasteiger partial charge in [-0.2, -0.15) is 5.10 Å². The van der Waals surface area contributed by atoms with Gasteiger partial charge < -0.3 is 4.90 Å². The van der Waals surface area contributed by atoms with Gasteiger partial charge in [-0.1, -0.05) is 30.3 Å². The van der Waals surface area contributed by atoms with Gasteiger partial charge in [0, 0.05) is 45.4 Å². The van der Waals surface area contributed by atoms with E-state index in [0.717, 1.165) is 37.9 Å². The Kier molecular flexibility index (Phi) is 4.33. The zero-order valence-electron chi connectivity index (χ0n) is 15.3. The van der Waals surface area contributed by atoms with Crippen LogP contribution in [0.1, 0.15) is 33.1 Å². The third kappa shape index (κ3) is 3.40. The van der Waals surface area contributed by atoms with Crippen LogP contribution in [0.25, 0.3) is 11.3 Å². The zero-order chi connectivity index (χ0) is 17.1. The van der Waals surface area contributed by atoms with Gasteiger partial charge in [0.05, 0.1) is 11.7 Å². The predicted octanol–water partition coefficient (Wildman–Crippen LogP) is 3.28. The Balaban J connectivity index is 1.33. The van der Waals surface area contributed by atoms with Crippen LogP contribution in [0, 0.1) is 0 Å². The number of hydrogen-bond acceptors (Lipinski definition) is 3. The summed E-state index contributed by atoms with van der Waals surface area (Å²) >= 11 is 0. The van der Waals surface area contributed by atoms with Gasteiger partial charge in [-0.25, -0.2) is 0 Å². The molecule has 0 radical (unpaired) electrons. The first-order valence-corrected chi connectivity index (χ1v) is 9.20. The third-order valence-corrected chi connectivity index (χ3v) is 5.64. The van der Waals surface area contributed by atoms with Gasteiger partial charge in [0.15, 0.2) is 0 Å². The Morgan fingerprint density at radius 1 is 0.917 bits per heavy atom. The van der Waals surface area contributed by atoms with E-state index in [4.69, 9.17) is 6.47 Å². The molecule has 4 heteroatoms. The highest BCUT2D eigenvalue weighted by molar-refractivity contribution is 5.58. The maximum Gasteiger partial charge on any atom is 0.0923 e. The molecule has 24 heavy (non-hydrogen) atoms. The fourth-order valence-electron chi connectivity index (χ4n) is 4.12. The molecular formula is C20H28N4. The highest BCUT2D eigenvalue weighted by Gasteiger charge is 2.28. The van der Waals surface area contributed by atoms with Crippen LogP contribution in [0.15, 0.2) is 42.6 Å². The van der Waals surface area contributed by atoms with Gasteiger partial charge in [0.1, 0.15) is 0 Å². The summed E-state index contributed by atoms with van der Waals surface area (Å²) in [6.45, 7) is 4.38. The van der Waals surface area contributed by atoms with Crippen LogP contribution in [-0.4, -0.2) is 58.8 Å². The Bertz CT molecular complexity index is 655. The van der Waals surface area contributed by atoms with Crippen molar-refractivity contribution in [2.24, 2.45) is 0 Å². The van der Waals surface area contributed by atoms with Crippen molar-refractivity contribution in [3.8, 4) is 11.3 Å². The molecule has 1 aliphatic carbocycles. The van der Waals surface area contributed by atoms with Crippen molar-refractivity contribution in [2.75, 3.05) is 33.2 Å². The van der Waals surface area contributed by atoms with E-state index >= 15 is 0 Å². The maximum absolute atomic E-state index is 7.49. The quantitative estimate of drug-likeness (QED) is 0.865. The zero-order valence-corrected chi connectivity index (χ0v) is 14.3. The molecule has 1 aliphatic heterocycles. The van der Waals surface area contributed by atoms with E-state index in [1.807, 2.05) is 6.07 Å². The number of rotatable bonds is 3. The Hall–Kier alpha value is -1.65. The normalized spacial score (nSPS) is 27.1. The van der Waals surface area contributed by atoms with Gasteiger partial charge in [-0.15, -0.1) is 0 Å². The predicted molar refractivity (Wildman–Crippen MR) is 98.0 cm³/mol. The fraction of sp³-hybridized carbons (Fsp3) is 0.550. The minimum atomic E-state index is 0.448. The molecule has 4 nitrogen and oxygen atoms in total. The molecule has 0 amide bonds. The van der Waals surface area contributed by atoms with E-state index in [-0.39, 0.29) is 0 Å². The Morgan fingerprint density at radius 2 is 1.62 bits per heavy atom. The SMILES string of the molecule is [2H]CN1CCN(C2CCC(n3ccc(-c4ccccc4)n3)CC2)CC1. The minimum Gasteiger partial charge on any atom is -0.304 e. The summed E-state index contributed by atoms with van der Waals surface area (Å²) in [5, 5.41) is 4.84. The fourth-order valence-corrected chi connectivity index (χ4v) is 4.12. The first kappa shape index (κ1) is 14.7. The van der Waals surface area contributed by atoms with Crippen molar-refractivity contribution in [1.29, 1.82) is 0 Å². The molecule has 2 aliphatic rings.